The summed E-state index contributed by atoms with van der Waals surface area (Å²) in [5, 5.41) is 3.30. The predicted molar refractivity (Wildman–Crippen MR) is 67.4 cm³/mol. The highest BCUT2D eigenvalue weighted by molar-refractivity contribution is 5.76. The molecule has 16 heavy (non-hydrogen) atoms. The van der Waals surface area contributed by atoms with Crippen molar-refractivity contribution in [2.75, 3.05) is 0 Å². The lowest BCUT2D eigenvalue weighted by atomic mass is 9.99. The van der Waals surface area contributed by atoms with Gasteiger partial charge in [-0.05, 0) is 47.5 Å². The molecule has 0 aliphatic rings. The molecule has 0 aliphatic heterocycles. The van der Waals surface area contributed by atoms with Crippen LogP contribution in [-0.2, 0) is 9.53 Å². The van der Waals surface area contributed by atoms with Crippen LogP contribution >= 0.6 is 0 Å². The lowest BCUT2D eigenvalue weighted by Gasteiger charge is -2.32. The number of hydrogen-bond donors (Lipinski definition) is 1. The van der Waals surface area contributed by atoms with Gasteiger partial charge in [0.2, 0.25) is 0 Å². The minimum Gasteiger partial charge on any atom is -0.459 e. The van der Waals surface area contributed by atoms with Crippen molar-refractivity contribution in [1.82, 2.24) is 5.32 Å². The van der Waals surface area contributed by atoms with Gasteiger partial charge < -0.3 is 4.74 Å². The average Bonchev–Trinajstić information content (AvgIpc) is 1.94. The molecular weight excluding hydrogens is 202 g/mol. The Hall–Kier alpha value is -0.570. The zero-order valence-electron chi connectivity index (χ0n) is 12.0. The van der Waals surface area contributed by atoms with Gasteiger partial charge in [-0.3, -0.25) is 10.1 Å². The molecular formula is C13H27NO2. The van der Waals surface area contributed by atoms with E-state index in [0.717, 1.165) is 0 Å². The molecule has 0 heterocycles. The van der Waals surface area contributed by atoms with Crippen molar-refractivity contribution in [2.24, 2.45) is 5.92 Å². The summed E-state index contributed by atoms with van der Waals surface area (Å²) in [7, 11) is 0. The molecule has 0 aromatic heterocycles. The normalized spacial score (nSPS) is 15.1. The van der Waals surface area contributed by atoms with Crippen molar-refractivity contribution in [3.05, 3.63) is 0 Å². The van der Waals surface area contributed by atoms with E-state index in [0.29, 0.717) is 0 Å². The Balaban J connectivity index is 4.62. The van der Waals surface area contributed by atoms with E-state index in [4.69, 9.17) is 4.74 Å². The SMILES string of the molecule is CC(C)[C@H](NC(C)(C)C)C(=O)OC(C)(C)C. The van der Waals surface area contributed by atoms with Gasteiger partial charge in [0.1, 0.15) is 11.6 Å². The van der Waals surface area contributed by atoms with Crippen LogP contribution in [0.25, 0.3) is 0 Å². The van der Waals surface area contributed by atoms with E-state index in [2.05, 4.69) is 5.32 Å². The van der Waals surface area contributed by atoms with Crippen LogP contribution in [0.1, 0.15) is 55.4 Å². The van der Waals surface area contributed by atoms with Gasteiger partial charge >= 0.3 is 5.97 Å². The largest absolute Gasteiger partial charge is 0.459 e. The van der Waals surface area contributed by atoms with E-state index < -0.39 is 5.60 Å². The quantitative estimate of drug-likeness (QED) is 0.756. The highest BCUT2D eigenvalue weighted by Crippen LogP contribution is 2.14. The molecule has 0 saturated carbocycles. The van der Waals surface area contributed by atoms with E-state index in [1.165, 1.54) is 0 Å². The smallest absolute Gasteiger partial charge is 0.323 e. The van der Waals surface area contributed by atoms with Crippen molar-refractivity contribution in [3.63, 3.8) is 0 Å². The molecule has 96 valence electrons. The Morgan fingerprint density at radius 2 is 1.50 bits per heavy atom. The Bertz CT molecular complexity index is 233. The third kappa shape index (κ3) is 6.83. The minimum atomic E-state index is -0.427. The van der Waals surface area contributed by atoms with Crippen LogP contribution in [0.3, 0.4) is 0 Å². The molecule has 0 saturated heterocycles. The molecule has 0 unspecified atom stereocenters. The summed E-state index contributed by atoms with van der Waals surface area (Å²) in [6.45, 7) is 15.9. The number of hydrogen-bond acceptors (Lipinski definition) is 3. The van der Waals surface area contributed by atoms with Gasteiger partial charge in [0.25, 0.3) is 0 Å². The molecule has 0 radical (unpaired) electrons. The Kier molecular flexibility index (Phi) is 4.99. The number of esters is 1. The fraction of sp³-hybridized carbons (Fsp3) is 0.923. The zero-order valence-corrected chi connectivity index (χ0v) is 12.0. The van der Waals surface area contributed by atoms with Gasteiger partial charge in [0.15, 0.2) is 0 Å². The highest BCUT2D eigenvalue weighted by Gasteiger charge is 2.30. The van der Waals surface area contributed by atoms with E-state index in [-0.39, 0.29) is 23.5 Å². The molecule has 0 aromatic carbocycles. The molecule has 3 nitrogen and oxygen atoms in total. The van der Waals surface area contributed by atoms with Crippen molar-refractivity contribution in [3.8, 4) is 0 Å². The third-order valence-corrected chi connectivity index (χ3v) is 1.92. The highest BCUT2D eigenvalue weighted by atomic mass is 16.6. The van der Waals surface area contributed by atoms with Gasteiger partial charge in [-0.15, -0.1) is 0 Å². The van der Waals surface area contributed by atoms with Gasteiger partial charge in [0.05, 0.1) is 0 Å². The van der Waals surface area contributed by atoms with Crippen LogP contribution in [0.4, 0.5) is 0 Å². The van der Waals surface area contributed by atoms with E-state index >= 15 is 0 Å². The summed E-state index contributed by atoms with van der Waals surface area (Å²) < 4.78 is 5.41. The van der Waals surface area contributed by atoms with Crippen molar-refractivity contribution in [2.45, 2.75) is 72.6 Å². The molecule has 3 heteroatoms. The first-order valence-electron chi connectivity index (χ1n) is 5.93. The van der Waals surface area contributed by atoms with Crippen LogP contribution in [0, 0.1) is 5.92 Å². The Labute approximate surface area is 99.9 Å². The van der Waals surface area contributed by atoms with Crippen LogP contribution in [-0.4, -0.2) is 23.2 Å². The maximum absolute atomic E-state index is 12.0. The molecule has 1 atom stereocenters. The maximum Gasteiger partial charge on any atom is 0.323 e. The van der Waals surface area contributed by atoms with Gasteiger partial charge in [0, 0.05) is 5.54 Å². The number of carbonyl (C=O) groups excluding carboxylic acids is 1. The Morgan fingerprint density at radius 1 is 1.06 bits per heavy atom. The summed E-state index contributed by atoms with van der Waals surface area (Å²) in [5.41, 5.74) is -0.518. The fourth-order valence-corrected chi connectivity index (χ4v) is 1.33. The maximum atomic E-state index is 12.0. The van der Waals surface area contributed by atoms with Crippen molar-refractivity contribution < 1.29 is 9.53 Å². The third-order valence-electron chi connectivity index (χ3n) is 1.92. The summed E-state index contributed by atoms with van der Waals surface area (Å²) in [4.78, 5) is 12.0. The molecule has 1 N–H and O–H groups in total. The second kappa shape index (κ2) is 5.17. The van der Waals surface area contributed by atoms with Gasteiger partial charge in [-0.1, -0.05) is 13.8 Å². The average molecular weight is 229 g/mol. The summed E-state index contributed by atoms with van der Waals surface area (Å²) in [5.74, 6) is 0.0477. The van der Waals surface area contributed by atoms with Gasteiger partial charge in [-0.2, -0.15) is 0 Å². The van der Waals surface area contributed by atoms with Crippen LogP contribution < -0.4 is 5.32 Å². The van der Waals surface area contributed by atoms with Crippen molar-refractivity contribution >= 4 is 5.97 Å². The minimum absolute atomic E-state index is 0.0914. The molecule has 0 aromatic rings. The summed E-state index contributed by atoms with van der Waals surface area (Å²) >= 11 is 0. The number of carbonyl (C=O) groups is 1. The van der Waals surface area contributed by atoms with E-state index in [1.54, 1.807) is 0 Å². The van der Waals surface area contributed by atoms with Crippen molar-refractivity contribution in [1.29, 1.82) is 0 Å². The molecule has 0 spiro atoms. The first kappa shape index (κ1) is 15.4. The van der Waals surface area contributed by atoms with E-state index in [1.807, 2.05) is 55.4 Å². The molecule has 0 amide bonds. The molecule has 0 bridgehead atoms. The molecule has 0 aliphatic carbocycles. The Morgan fingerprint density at radius 3 is 1.75 bits per heavy atom. The fourth-order valence-electron chi connectivity index (χ4n) is 1.33. The topological polar surface area (TPSA) is 38.3 Å². The second-order valence-corrected chi connectivity index (χ2v) is 6.65. The summed E-state index contributed by atoms with van der Waals surface area (Å²) in [6.07, 6.45) is 0. The first-order chi connectivity index (χ1) is 6.92. The van der Waals surface area contributed by atoms with Crippen LogP contribution in [0.5, 0.6) is 0 Å². The monoisotopic (exact) mass is 229 g/mol. The molecule has 0 fully saturated rings. The first-order valence-corrected chi connectivity index (χ1v) is 5.93. The lowest BCUT2D eigenvalue weighted by Crippen LogP contribution is -2.52. The summed E-state index contributed by atoms with van der Waals surface area (Å²) in [6, 6.07) is -0.251. The molecule has 0 rings (SSSR count). The van der Waals surface area contributed by atoms with Crippen LogP contribution in [0.2, 0.25) is 0 Å². The number of nitrogens with one attached hydrogen (secondary N) is 1. The standard InChI is InChI=1S/C13H27NO2/c1-9(2)10(14-12(3,4)5)11(15)16-13(6,7)8/h9-10,14H,1-8H3/t10-/m0/s1. The second-order valence-electron chi connectivity index (χ2n) is 6.65. The lowest BCUT2D eigenvalue weighted by molar-refractivity contribution is -0.159. The number of rotatable bonds is 3. The van der Waals surface area contributed by atoms with Gasteiger partial charge in [-0.25, -0.2) is 0 Å². The number of ether oxygens (including phenoxy) is 1. The predicted octanol–water partition coefficient (Wildman–Crippen LogP) is 2.74. The van der Waals surface area contributed by atoms with Crippen LogP contribution in [0.15, 0.2) is 0 Å². The van der Waals surface area contributed by atoms with E-state index in [9.17, 15) is 4.79 Å². The zero-order chi connectivity index (χ0) is 13.1.